The number of rotatable bonds is 7. The van der Waals surface area contributed by atoms with Gasteiger partial charge in [0.25, 0.3) is 5.56 Å². The number of amides is 1. The van der Waals surface area contributed by atoms with Gasteiger partial charge in [-0.1, -0.05) is 12.1 Å². The van der Waals surface area contributed by atoms with E-state index in [1.807, 2.05) is 4.90 Å². The summed E-state index contributed by atoms with van der Waals surface area (Å²) < 4.78 is 25.9. The number of carbonyl (C=O) groups excluding carboxylic acids is 1. The van der Waals surface area contributed by atoms with Crippen LogP contribution in [0.1, 0.15) is 29.8 Å². The van der Waals surface area contributed by atoms with Crippen molar-refractivity contribution in [3.05, 3.63) is 63.3 Å². The highest BCUT2D eigenvalue weighted by Crippen LogP contribution is 2.33. The van der Waals surface area contributed by atoms with Gasteiger partial charge in [0, 0.05) is 45.5 Å². The van der Waals surface area contributed by atoms with Gasteiger partial charge in [-0.05, 0) is 37.6 Å². The number of halogens is 1. The van der Waals surface area contributed by atoms with E-state index in [1.165, 1.54) is 12.1 Å². The Labute approximate surface area is 186 Å². The Balaban J connectivity index is 2.02. The molecule has 3 rings (SSSR count). The Morgan fingerprint density at radius 1 is 1.22 bits per heavy atom. The molecular formula is C23H30FN3O5. The number of methoxy groups -OCH3 is 1. The molecule has 2 aromatic rings. The van der Waals surface area contributed by atoms with E-state index in [-0.39, 0.29) is 23.0 Å². The van der Waals surface area contributed by atoms with Gasteiger partial charge in [-0.2, -0.15) is 0 Å². The quantitative estimate of drug-likeness (QED) is 0.702. The van der Waals surface area contributed by atoms with Crippen LogP contribution in [-0.4, -0.2) is 72.1 Å². The van der Waals surface area contributed by atoms with Gasteiger partial charge in [-0.3, -0.25) is 9.69 Å². The van der Waals surface area contributed by atoms with Crippen LogP contribution in [0.2, 0.25) is 0 Å². The SMILES string of the molecule is CCOC(=O)N1CCN([C@H](c2cccc(F)c2)c2c(O)cc(C)n(CCOC)c2=O)CC1. The molecule has 8 nitrogen and oxygen atoms in total. The van der Waals surface area contributed by atoms with Crippen molar-refractivity contribution in [1.82, 2.24) is 14.4 Å². The smallest absolute Gasteiger partial charge is 0.409 e. The minimum Gasteiger partial charge on any atom is -0.507 e. The molecule has 0 unspecified atom stereocenters. The molecular weight excluding hydrogens is 417 g/mol. The molecule has 1 saturated heterocycles. The van der Waals surface area contributed by atoms with E-state index in [2.05, 4.69) is 0 Å². The molecule has 0 spiro atoms. The molecule has 1 aliphatic rings. The van der Waals surface area contributed by atoms with Crippen molar-refractivity contribution >= 4 is 6.09 Å². The van der Waals surface area contributed by atoms with Gasteiger partial charge >= 0.3 is 6.09 Å². The zero-order valence-electron chi connectivity index (χ0n) is 18.7. The van der Waals surface area contributed by atoms with E-state index in [1.54, 1.807) is 48.6 Å². The molecule has 1 amide bonds. The fraction of sp³-hybridized carbons (Fsp3) is 0.478. The number of piperazine rings is 1. The highest BCUT2D eigenvalue weighted by atomic mass is 19.1. The Hall–Kier alpha value is -2.91. The summed E-state index contributed by atoms with van der Waals surface area (Å²) >= 11 is 0. The third-order valence-electron chi connectivity index (χ3n) is 5.69. The second kappa shape index (κ2) is 10.6. The number of aryl methyl sites for hydroxylation is 1. The third kappa shape index (κ3) is 5.11. The first-order chi connectivity index (χ1) is 15.4. The van der Waals surface area contributed by atoms with Gasteiger partial charge in [0.15, 0.2) is 0 Å². The van der Waals surface area contributed by atoms with Crippen molar-refractivity contribution in [1.29, 1.82) is 0 Å². The van der Waals surface area contributed by atoms with Crippen molar-refractivity contribution < 1.29 is 23.8 Å². The summed E-state index contributed by atoms with van der Waals surface area (Å²) in [6.07, 6.45) is -0.380. The molecule has 0 radical (unpaired) electrons. The van der Waals surface area contributed by atoms with Gasteiger partial charge in [-0.15, -0.1) is 0 Å². The van der Waals surface area contributed by atoms with Crippen molar-refractivity contribution in [3.8, 4) is 5.75 Å². The number of aromatic hydroxyl groups is 1. The summed E-state index contributed by atoms with van der Waals surface area (Å²) in [6, 6.07) is 6.92. The summed E-state index contributed by atoms with van der Waals surface area (Å²) in [6.45, 7) is 6.14. The molecule has 1 aromatic heterocycles. The van der Waals surface area contributed by atoms with E-state index < -0.39 is 11.9 Å². The lowest BCUT2D eigenvalue weighted by Gasteiger charge is -2.39. The van der Waals surface area contributed by atoms with Crippen molar-refractivity contribution in [2.75, 3.05) is 46.5 Å². The van der Waals surface area contributed by atoms with Crippen molar-refractivity contribution in [2.45, 2.75) is 26.4 Å². The molecule has 0 aliphatic carbocycles. The zero-order chi connectivity index (χ0) is 23.3. The Morgan fingerprint density at radius 3 is 2.56 bits per heavy atom. The maximum absolute atomic E-state index is 14.1. The van der Waals surface area contributed by atoms with Crippen LogP contribution < -0.4 is 5.56 Å². The highest BCUT2D eigenvalue weighted by molar-refractivity contribution is 5.67. The minimum atomic E-state index is -0.669. The van der Waals surface area contributed by atoms with Crippen LogP contribution in [0, 0.1) is 12.7 Å². The second-order valence-corrected chi connectivity index (χ2v) is 7.71. The van der Waals surface area contributed by atoms with E-state index in [4.69, 9.17) is 9.47 Å². The predicted octanol–water partition coefficient (Wildman–Crippen LogP) is 2.51. The molecule has 0 bridgehead atoms. The number of nitrogens with zero attached hydrogens (tertiary/aromatic N) is 3. The fourth-order valence-electron chi connectivity index (χ4n) is 4.10. The maximum Gasteiger partial charge on any atom is 0.409 e. The Kier molecular flexibility index (Phi) is 7.87. The highest BCUT2D eigenvalue weighted by Gasteiger charge is 2.33. The topological polar surface area (TPSA) is 84.2 Å². The number of hydrogen-bond acceptors (Lipinski definition) is 6. The van der Waals surface area contributed by atoms with E-state index in [9.17, 15) is 19.1 Å². The van der Waals surface area contributed by atoms with Gasteiger partial charge in [0.1, 0.15) is 11.6 Å². The summed E-state index contributed by atoms with van der Waals surface area (Å²) in [4.78, 5) is 29.1. The Bertz CT molecular complexity index is 1000. The first-order valence-electron chi connectivity index (χ1n) is 10.7. The summed E-state index contributed by atoms with van der Waals surface area (Å²) in [7, 11) is 1.56. The normalized spacial score (nSPS) is 15.6. The average molecular weight is 448 g/mol. The fourth-order valence-corrected chi connectivity index (χ4v) is 4.10. The molecule has 1 fully saturated rings. The summed E-state index contributed by atoms with van der Waals surface area (Å²) in [5.74, 6) is -0.563. The van der Waals surface area contributed by atoms with Gasteiger partial charge in [0.05, 0.1) is 24.8 Å². The van der Waals surface area contributed by atoms with Crippen LogP contribution in [0.4, 0.5) is 9.18 Å². The lowest BCUT2D eigenvalue weighted by atomic mass is 9.96. The lowest BCUT2D eigenvalue weighted by Crippen LogP contribution is -2.50. The van der Waals surface area contributed by atoms with E-state index in [0.29, 0.717) is 57.2 Å². The molecule has 174 valence electrons. The van der Waals surface area contributed by atoms with Crippen LogP contribution in [0.3, 0.4) is 0 Å². The standard InChI is InChI=1S/C23H30FN3O5/c1-4-32-23(30)26-10-8-25(9-11-26)21(17-6-5-7-18(24)15-17)20-19(28)14-16(2)27(22(20)29)12-13-31-3/h5-7,14-15,21,28H,4,8-13H2,1-3H3/t21-/m1/s1. The number of pyridine rings is 1. The van der Waals surface area contributed by atoms with Crippen LogP contribution in [0.5, 0.6) is 5.75 Å². The second-order valence-electron chi connectivity index (χ2n) is 7.71. The van der Waals surface area contributed by atoms with Crippen LogP contribution >= 0.6 is 0 Å². The van der Waals surface area contributed by atoms with Crippen LogP contribution in [0.25, 0.3) is 0 Å². The number of benzene rings is 1. The number of hydrogen-bond donors (Lipinski definition) is 1. The van der Waals surface area contributed by atoms with Crippen LogP contribution in [-0.2, 0) is 16.0 Å². The van der Waals surface area contributed by atoms with Crippen molar-refractivity contribution in [2.24, 2.45) is 0 Å². The zero-order valence-corrected chi connectivity index (χ0v) is 18.7. The number of ether oxygens (including phenoxy) is 2. The first-order valence-corrected chi connectivity index (χ1v) is 10.7. The molecule has 0 saturated carbocycles. The molecule has 2 heterocycles. The molecule has 1 aromatic carbocycles. The van der Waals surface area contributed by atoms with Gasteiger partial charge in [0.2, 0.25) is 0 Å². The average Bonchev–Trinajstić information content (AvgIpc) is 2.77. The van der Waals surface area contributed by atoms with Crippen molar-refractivity contribution in [3.63, 3.8) is 0 Å². The third-order valence-corrected chi connectivity index (χ3v) is 5.69. The molecule has 32 heavy (non-hydrogen) atoms. The van der Waals surface area contributed by atoms with E-state index in [0.717, 1.165) is 0 Å². The number of aromatic nitrogens is 1. The summed E-state index contributed by atoms with van der Waals surface area (Å²) in [5, 5.41) is 10.8. The molecule has 1 atom stereocenters. The van der Waals surface area contributed by atoms with Crippen LogP contribution in [0.15, 0.2) is 35.1 Å². The molecule has 1 aliphatic heterocycles. The lowest BCUT2D eigenvalue weighted by molar-refractivity contribution is 0.0708. The molecule has 1 N–H and O–H groups in total. The molecule has 9 heteroatoms. The largest absolute Gasteiger partial charge is 0.507 e. The van der Waals surface area contributed by atoms with Gasteiger partial charge < -0.3 is 24.0 Å². The predicted molar refractivity (Wildman–Crippen MR) is 117 cm³/mol. The summed E-state index contributed by atoms with van der Waals surface area (Å²) in [5.41, 5.74) is 1.01. The van der Waals surface area contributed by atoms with E-state index >= 15 is 0 Å². The minimum absolute atomic E-state index is 0.136. The monoisotopic (exact) mass is 447 g/mol. The first kappa shape index (κ1) is 23.7. The Morgan fingerprint density at radius 2 is 1.94 bits per heavy atom. The van der Waals surface area contributed by atoms with Gasteiger partial charge in [-0.25, -0.2) is 9.18 Å². The maximum atomic E-state index is 14.1. The number of carbonyl (C=O) groups is 1.